The molecule has 162 valence electrons. The van der Waals surface area contributed by atoms with Crippen molar-refractivity contribution in [3.63, 3.8) is 0 Å². The molecular formula is C22H22ClN2O6+. The Hall–Kier alpha value is -2.69. The molecule has 0 atom stereocenters. The van der Waals surface area contributed by atoms with Crippen LogP contribution >= 0.6 is 0 Å². The quantitative estimate of drug-likeness (QED) is 0.251. The van der Waals surface area contributed by atoms with Gasteiger partial charge in [0.15, 0.2) is 24.8 Å². The van der Waals surface area contributed by atoms with Gasteiger partial charge in [-0.15, -0.1) is 10.2 Å². The van der Waals surface area contributed by atoms with Crippen LogP contribution in [0.5, 0.6) is 0 Å². The predicted octanol–water partition coefficient (Wildman–Crippen LogP) is -1.54. The zero-order chi connectivity index (χ0) is 22.1. The molecule has 0 spiro atoms. The van der Waals surface area contributed by atoms with Crippen LogP contribution in [0, 0.1) is 10.2 Å². The number of aromatic nitrogens is 2. The van der Waals surface area contributed by atoms with Gasteiger partial charge in [0, 0.05) is 22.9 Å². The molecule has 4 rings (SSSR count). The molecule has 9 heteroatoms. The average Bonchev–Trinajstić information content (AvgIpc) is 2.75. The molecule has 31 heavy (non-hydrogen) atoms. The van der Waals surface area contributed by atoms with E-state index in [4.69, 9.17) is 28.1 Å². The van der Waals surface area contributed by atoms with Crippen LogP contribution in [0.1, 0.15) is 0 Å². The Bertz CT molecular complexity index is 1030. The number of pyridine rings is 2. The van der Waals surface area contributed by atoms with Gasteiger partial charge in [-0.25, -0.2) is 18.6 Å². The van der Waals surface area contributed by atoms with Crippen LogP contribution in [0.15, 0.2) is 85.5 Å². The molecule has 8 nitrogen and oxygen atoms in total. The van der Waals surface area contributed by atoms with Crippen molar-refractivity contribution in [1.82, 2.24) is 0 Å². The molecule has 0 saturated heterocycles. The summed E-state index contributed by atoms with van der Waals surface area (Å²) in [6, 6.07) is 20.8. The molecule has 0 bridgehead atoms. The van der Waals surface area contributed by atoms with Gasteiger partial charge in [-0.2, -0.15) is 9.13 Å². The van der Waals surface area contributed by atoms with Gasteiger partial charge in [0.2, 0.25) is 0 Å². The number of benzene rings is 2. The van der Waals surface area contributed by atoms with Crippen LogP contribution in [0.25, 0.3) is 21.5 Å². The summed E-state index contributed by atoms with van der Waals surface area (Å²) in [7, 11) is -4.94. The van der Waals surface area contributed by atoms with Crippen LogP contribution in [-0.2, 0) is 22.9 Å². The van der Waals surface area contributed by atoms with Crippen molar-refractivity contribution in [3.8, 4) is 0 Å². The van der Waals surface area contributed by atoms with Crippen LogP contribution in [0.2, 0.25) is 0 Å². The van der Waals surface area contributed by atoms with E-state index in [1.807, 2.05) is 45.8 Å². The van der Waals surface area contributed by atoms with Gasteiger partial charge >= 0.3 is 0 Å². The van der Waals surface area contributed by atoms with Crippen LogP contribution in [0.4, 0.5) is 0 Å². The lowest BCUT2D eigenvalue weighted by atomic mass is 10.2. The van der Waals surface area contributed by atoms with Crippen molar-refractivity contribution in [2.45, 2.75) is 13.5 Å². The third kappa shape index (κ3) is 8.16. The van der Waals surface area contributed by atoms with E-state index in [0.717, 1.165) is 0 Å². The average molecular weight is 446 g/mol. The maximum absolute atomic E-state index is 8.49. The van der Waals surface area contributed by atoms with E-state index in [2.05, 4.69) is 48.8 Å². The van der Waals surface area contributed by atoms with Crippen molar-refractivity contribution in [1.29, 1.82) is 0 Å². The van der Waals surface area contributed by atoms with Crippen LogP contribution in [-0.4, -0.2) is 13.2 Å². The first-order chi connectivity index (χ1) is 14.9. The molecule has 0 aliphatic rings. The molecule has 0 amide bonds. The second kappa shape index (κ2) is 11.1. The summed E-state index contributed by atoms with van der Waals surface area (Å²) in [5, 5.41) is 4.89. The molecule has 0 saturated carbocycles. The lowest BCUT2D eigenvalue weighted by molar-refractivity contribution is -2.00. The zero-order valence-electron chi connectivity index (χ0n) is 16.6. The fourth-order valence-corrected chi connectivity index (χ4v) is 2.97. The lowest BCUT2D eigenvalue weighted by Gasteiger charge is -2.17. The van der Waals surface area contributed by atoms with Gasteiger partial charge in [-0.05, 0) is 22.9 Å². The Balaban J connectivity index is 0.000000491. The minimum atomic E-state index is -4.94. The van der Waals surface area contributed by atoms with E-state index in [0.29, 0.717) is 26.7 Å². The molecule has 4 aromatic rings. The summed E-state index contributed by atoms with van der Waals surface area (Å²) in [6.07, 6.45) is 8.27. The van der Waals surface area contributed by atoms with Crippen molar-refractivity contribution in [2.75, 3.05) is 13.2 Å². The van der Waals surface area contributed by atoms with Crippen molar-refractivity contribution in [2.24, 2.45) is 0 Å². The molecule has 0 N–H and O–H groups in total. The fourth-order valence-electron chi connectivity index (χ4n) is 2.97. The highest BCUT2D eigenvalue weighted by Gasteiger charge is 2.04. The van der Waals surface area contributed by atoms with Gasteiger partial charge < -0.3 is 9.47 Å². The topological polar surface area (TPSA) is 118 Å². The lowest BCUT2D eigenvalue weighted by Crippen LogP contribution is -2.68. The van der Waals surface area contributed by atoms with Crippen molar-refractivity contribution in [3.05, 3.63) is 85.5 Å². The first-order valence-corrected chi connectivity index (χ1v) is 10.6. The number of halogens is 1. The zero-order valence-corrected chi connectivity index (χ0v) is 17.4. The van der Waals surface area contributed by atoms with Gasteiger partial charge in [0.05, 0.1) is 13.2 Å². The van der Waals surface area contributed by atoms with Gasteiger partial charge in [0.1, 0.15) is 0 Å². The fraction of sp³-hybridized carbons (Fsp3) is 0.182. The SMILES string of the molecule is [O-][Cl+3]([O-])([O-])[O-].c1ccc2c[n+](COCCOC[n+]3ccc4ccccc4c3)ccc2c1. The maximum atomic E-state index is 8.49. The summed E-state index contributed by atoms with van der Waals surface area (Å²) in [5.41, 5.74) is 0. The smallest absolute Gasteiger partial charge is 0.252 e. The third-order valence-corrected chi connectivity index (χ3v) is 4.35. The normalized spacial score (nSPS) is 11.4. The second-order valence-electron chi connectivity index (χ2n) is 6.63. The van der Waals surface area contributed by atoms with E-state index in [9.17, 15) is 0 Å². The highest BCUT2D eigenvalue weighted by Crippen LogP contribution is 2.10. The van der Waals surface area contributed by atoms with E-state index in [-0.39, 0.29) is 0 Å². The van der Waals surface area contributed by atoms with Gasteiger partial charge in [0.25, 0.3) is 13.5 Å². The largest absolute Gasteiger partial charge is 0.321 e. The molecule has 0 unspecified atom stereocenters. The molecule has 0 aliphatic heterocycles. The Morgan fingerprint density at radius 2 is 0.935 bits per heavy atom. The number of hydrogen-bond acceptors (Lipinski definition) is 6. The van der Waals surface area contributed by atoms with E-state index in [1.54, 1.807) is 0 Å². The summed E-state index contributed by atoms with van der Waals surface area (Å²) in [5.74, 6) is 0. The van der Waals surface area contributed by atoms with Gasteiger partial charge in [-0.1, -0.05) is 36.4 Å². The van der Waals surface area contributed by atoms with E-state index >= 15 is 0 Å². The molecule has 2 aromatic heterocycles. The highest BCUT2D eigenvalue weighted by atomic mass is 35.7. The number of rotatable bonds is 7. The molecule has 2 heterocycles. The summed E-state index contributed by atoms with van der Waals surface area (Å²) in [4.78, 5) is 0. The standard InChI is InChI=1S/C22H22N2O2.ClHO4/c1-3-7-21-15-23(11-9-19(21)5-1)17-25-13-14-26-18-24-12-10-20-6-2-4-8-22(20)16-24;2-1(3,4)5/h1-12,15-16H,13-14,17-18H2;(H,2,3,4,5)/q+2;/p-1. The minimum Gasteiger partial charge on any atom is -0.321 e. The van der Waals surface area contributed by atoms with Crippen LogP contribution in [0.3, 0.4) is 0 Å². The first-order valence-electron chi connectivity index (χ1n) is 9.41. The van der Waals surface area contributed by atoms with Gasteiger partial charge in [-0.3, -0.25) is 0 Å². The summed E-state index contributed by atoms with van der Waals surface area (Å²) >= 11 is 0. The molecular weight excluding hydrogens is 424 g/mol. The second-order valence-corrected chi connectivity index (χ2v) is 7.38. The minimum absolute atomic E-state index is 0.525. The van der Waals surface area contributed by atoms with Crippen molar-refractivity contribution >= 4 is 21.5 Å². The summed E-state index contributed by atoms with van der Waals surface area (Å²) < 4.78 is 49.5. The number of nitrogens with zero attached hydrogens (tertiary/aromatic N) is 2. The molecule has 0 fully saturated rings. The molecule has 2 aromatic carbocycles. The highest BCUT2D eigenvalue weighted by molar-refractivity contribution is 5.80. The Kier molecular flexibility index (Phi) is 8.21. The van der Waals surface area contributed by atoms with Crippen LogP contribution < -0.4 is 27.8 Å². The summed E-state index contributed by atoms with van der Waals surface area (Å²) in [6.45, 7) is 2.18. The number of fused-ring (bicyclic) bond motifs is 2. The Morgan fingerprint density at radius 1 is 0.581 bits per heavy atom. The third-order valence-electron chi connectivity index (χ3n) is 4.35. The predicted molar refractivity (Wildman–Crippen MR) is 100 cm³/mol. The molecule has 0 aliphatic carbocycles. The Morgan fingerprint density at radius 3 is 1.32 bits per heavy atom. The van der Waals surface area contributed by atoms with Crippen molar-refractivity contribution < 1.29 is 47.5 Å². The maximum Gasteiger partial charge on any atom is 0.252 e. The number of ether oxygens (including phenoxy) is 2. The Labute approximate surface area is 181 Å². The molecule has 0 radical (unpaired) electrons. The van der Waals surface area contributed by atoms with E-state index < -0.39 is 10.2 Å². The number of hydrogen-bond donors (Lipinski definition) is 0. The monoisotopic (exact) mass is 445 g/mol. The first kappa shape index (κ1) is 23.0. The van der Waals surface area contributed by atoms with E-state index in [1.165, 1.54) is 21.5 Å².